The Morgan fingerprint density at radius 3 is 3.15 bits per heavy atom. The average molecular weight is 292 g/mol. The Morgan fingerprint density at radius 2 is 2.40 bits per heavy atom. The van der Waals surface area contributed by atoms with Crippen molar-refractivity contribution in [3.63, 3.8) is 0 Å². The standard InChI is InChI=1S/C15H24N4S/c1-4-11(2)14-7-16-12(3)8-19(14)10-13-9-18-5-6-20-15(18)17-13/h5-6,9,11-12,14,16H,4,7-8,10H2,1-3H3. The van der Waals surface area contributed by atoms with Crippen LogP contribution in [0.4, 0.5) is 0 Å². The lowest BCUT2D eigenvalue weighted by atomic mass is 9.94. The van der Waals surface area contributed by atoms with Crippen molar-refractivity contribution in [2.24, 2.45) is 5.92 Å². The van der Waals surface area contributed by atoms with Gasteiger partial charge in [0, 0.05) is 49.5 Å². The Balaban J connectivity index is 1.76. The van der Waals surface area contributed by atoms with E-state index in [9.17, 15) is 0 Å². The van der Waals surface area contributed by atoms with Gasteiger partial charge in [0.25, 0.3) is 0 Å². The Bertz CT molecular complexity index is 532. The minimum Gasteiger partial charge on any atom is -0.311 e. The van der Waals surface area contributed by atoms with E-state index in [1.165, 1.54) is 12.1 Å². The van der Waals surface area contributed by atoms with Gasteiger partial charge in [0.1, 0.15) is 0 Å². The lowest BCUT2D eigenvalue weighted by Crippen LogP contribution is -2.57. The highest BCUT2D eigenvalue weighted by Crippen LogP contribution is 2.21. The zero-order valence-corrected chi connectivity index (χ0v) is 13.4. The number of fused-ring (bicyclic) bond motifs is 1. The molecule has 0 spiro atoms. The molecule has 1 fully saturated rings. The highest BCUT2D eigenvalue weighted by molar-refractivity contribution is 7.15. The fraction of sp³-hybridized carbons (Fsp3) is 0.667. The van der Waals surface area contributed by atoms with Crippen LogP contribution in [0.3, 0.4) is 0 Å². The zero-order valence-electron chi connectivity index (χ0n) is 12.5. The molecule has 0 aromatic carbocycles. The van der Waals surface area contributed by atoms with E-state index in [1.54, 1.807) is 11.3 Å². The molecule has 0 amide bonds. The molecule has 1 aliphatic heterocycles. The van der Waals surface area contributed by atoms with Crippen molar-refractivity contribution in [3.05, 3.63) is 23.5 Å². The number of thiazole rings is 1. The molecule has 2 aromatic heterocycles. The molecule has 0 aliphatic carbocycles. The first-order valence-corrected chi connectivity index (χ1v) is 8.44. The molecule has 0 bridgehead atoms. The maximum Gasteiger partial charge on any atom is 0.193 e. The number of rotatable bonds is 4. The summed E-state index contributed by atoms with van der Waals surface area (Å²) < 4.78 is 2.13. The molecular weight excluding hydrogens is 268 g/mol. The summed E-state index contributed by atoms with van der Waals surface area (Å²) in [4.78, 5) is 8.44. The summed E-state index contributed by atoms with van der Waals surface area (Å²) in [6.07, 6.45) is 5.49. The van der Waals surface area contributed by atoms with Gasteiger partial charge in [-0.1, -0.05) is 20.3 Å². The summed E-state index contributed by atoms with van der Waals surface area (Å²) in [5.41, 5.74) is 1.19. The largest absolute Gasteiger partial charge is 0.311 e. The minimum atomic E-state index is 0.569. The van der Waals surface area contributed by atoms with Crippen molar-refractivity contribution in [2.45, 2.75) is 45.8 Å². The smallest absolute Gasteiger partial charge is 0.193 e. The van der Waals surface area contributed by atoms with Crippen LogP contribution in [0.5, 0.6) is 0 Å². The van der Waals surface area contributed by atoms with Crippen LogP contribution in [0, 0.1) is 5.92 Å². The van der Waals surface area contributed by atoms with Gasteiger partial charge >= 0.3 is 0 Å². The summed E-state index contributed by atoms with van der Waals surface area (Å²) in [5.74, 6) is 0.721. The highest BCUT2D eigenvalue weighted by Gasteiger charge is 2.29. The Labute approximate surface area is 124 Å². The van der Waals surface area contributed by atoms with Gasteiger partial charge in [-0.05, 0) is 12.8 Å². The average Bonchev–Trinajstić information content (AvgIpc) is 2.99. The Morgan fingerprint density at radius 1 is 1.55 bits per heavy atom. The van der Waals surface area contributed by atoms with Crippen molar-refractivity contribution in [3.8, 4) is 0 Å². The third kappa shape index (κ3) is 2.75. The number of imidazole rings is 1. The zero-order chi connectivity index (χ0) is 14.1. The minimum absolute atomic E-state index is 0.569. The molecule has 1 N–H and O–H groups in total. The number of piperazine rings is 1. The predicted octanol–water partition coefficient (Wildman–Crippen LogP) is 2.60. The number of aromatic nitrogens is 2. The number of hydrogen-bond acceptors (Lipinski definition) is 4. The third-order valence-corrected chi connectivity index (χ3v) is 5.23. The summed E-state index contributed by atoms with van der Waals surface area (Å²) in [7, 11) is 0. The summed E-state index contributed by atoms with van der Waals surface area (Å²) in [6, 6.07) is 1.19. The molecule has 4 nitrogen and oxygen atoms in total. The van der Waals surface area contributed by atoms with Crippen molar-refractivity contribution >= 4 is 16.3 Å². The quantitative estimate of drug-likeness (QED) is 0.940. The predicted molar refractivity (Wildman–Crippen MR) is 84.2 cm³/mol. The molecule has 0 saturated carbocycles. The molecule has 3 unspecified atom stereocenters. The molecule has 1 aliphatic rings. The van der Waals surface area contributed by atoms with Crippen LogP contribution in [0.25, 0.3) is 4.96 Å². The lowest BCUT2D eigenvalue weighted by molar-refractivity contribution is 0.0874. The summed E-state index contributed by atoms with van der Waals surface area (Å²) in [6.45, 7) is 10.1. The fourth-order valence-corrected chi connectivity index (χ4v) is 3.80. The van der Waals surface area contributed by atoms with E-state index in [2.05, 4.69) is 53.2 Å². The number of hydrogen-bond donors (Lipinski definition) is 1. The molecule has 5 heteroatoms. The van der Waals surface area contributed by atoms with E-state index >= 15 is 0 Å². The van der Waals surface area contributed by atoms with Crippen LogP contribution >= 0.6 is 11.3 Å². The molecule has 3 heterocycles. The van der Waals surface area contributed by atoms with Gasteiger partial charge in [-0.2, -0.15) is 0 Å². The van der Waals surface area contributed by atoms with Gasteiger partial charge < -0.3 is 5.32 Å². The third-order valence-electron chi connectivity index (χ3n) is 4.46. The Hall–Kier alpha value is -0.910. The normalized spacial score (nSPS) is 26.1. The molecule has 1 saturated heterocycles. The van der Waals surface area contributed by atoms with E-state index in [0.717, 1.165) is 30.5 Å². The van der Waals surface area contributed by atoms with Crippen molar-refractivity contribution in [1.82, 2.24) is 19.6 Å². The first kappa shape index (κ1) is 14.0. The fourth-order valence-electron chi connectivity index (χ4n) is 3.08. The molecule has 3 atom stereocenters. The van der Waals surface area contributed by atoms with Crippen molar-refractivity contribution in [1.29, 1.82) is 0 Å². The monoisotopic (exact) mass is 292 g/mol. The van der Waals surface area contributed by atoms with E-state index in [0.29, 0.717) is 12.1 Å². The van der Waals surface area contributed by atoms with Crippen molar-refractivity contribution in [2.75, 3.05) is 13.1 Å². The van der Waals surface area contributed by atoms with Crippen LogP contribution in [0.15, 0.2) is 17.8 Å². The number of nitrogens with zero attached hydrogens (tertiary/aromatic N) is 3. The molecule has 0 radical (unpaired) electrons. The maximum absolute atomic E-state index is 4.73. The van der Waals surface area contributed by atoms with Gasteiger partial charge in [0.2, 0.25) is 0 Å². The van der Waals surface area contributed by atoms with Crippen molar-refractivity contribution < 1.29 is 0 Å². The summed E-state index contributed by atoms with van der Waals surface area (Å²) in [5, 5.41) is 5.70. The van der Waals surface area contributed by atoms with Crippen LogP contribution in [-0.4, -0.2) is 39.5 Å². The first-order chi connectivity index (χ1) is 9.67. The van der Waals surface area contributed by atoms with Gasteiger partial charge in [-0.3, -0.25) is 9.30 Å². The molecule has 2 aromatic rings. The van der Waals surface area contributed by atoms with E-state index in [-0.39, 0.29) is 0 Å². The first-order valence-electron chi connectivity index (χ1n) is 7.56. The summed E-state index contributed by atoms with van der Waals surface area (Å²) >= 11 is 1.70. The van der Waals surface area contributed by atoms with E-state index in [4.69, 9.17) is 4.98 Å². The second kappa shape index (κ2) is 5.84. The van der Waals surface area contributed by atoms with Gasteiger partial charge in [-0.25, -0.2) is 4.98 Å². The SMILES string of the molecule is CCC(C)C1CNC(C)CN1Cc1cn2ccsc2n1. The topological polar surface area (TPSA) is 32.6 Å². The number of nitrogens with one attached hydrogen (secondary N) is 1. The van der Waals surface area contributed by atoms with Gasteiger partial charge in [0.05, 0.1) is 5.69 Å². The molecular formula is C15H24N4S. The molecule has 110 valence electrons. The van der Waals surface area contributed by atoms with E-state index < -0.39 is 0 Å². The van der Waals surface area contributed by atoms with Gasteiger partial charge in [0.15, 0.2) is 4.96 Å². The lowest BCUT2D eigenvalue weighted by Gasteiger charge is -2.41. The second-order valence-corrected chi connectivity index (χ2v) is 6.89. The van der Waals surface area contributed by atoms with Crippen LogP contribution in [0.2, 0.25) is 0 Å². The van der Waals surface area contributed by atoms with Crippen LogP contribution in [-0.2, 0) is 6.54 Å². The van der Waals surface area contributed by atoms with Crippen LogP contribution < -0.4 is 5.32 Å². The molecule has 3 rings (SSSR count). The Kier molecular flexibility index (Phi) is 4.10. The molecule has 20 heavy (non-hydrogen) atoms. The maximum atomic E-state index is 4.73. The van der Waals surface area contributed by atoms with Crippen LogP contribution in [0.1, 0.15) is 32.9 Å². The van der Waals surface area contributed by atoms with E-state index in [1.807, 2.05) is 0 Å². The highest BCUT2D eigenvalue weighted by atomic mass is 32.1. The second-order valence-electron chi connectivity index (χ2n) is 6.02. The van der Waals surface area contributed by atoms with Gasteiger partial charge in [-0.15, -0.1) is 11.3 Å².